The Morgan fingerprint density at radius 3 is 1.59 bits per heavy atom. The minimum absolute atomic E-state index is 0.944. The maximum Gasteiger partial charge on any atom is 0.145 e. The molecule has 0 aliphatic rings. The van der Waals surface area contributed by atoms with Crippen LogP contribution in [0.3, 0.4) is 0 Å². The summed E-state index contributed by atoms with van der Waals surface area (Å²) in [5.41, 5.74) is 7.91. The van der Waals surface area contributed by atoms with Gasteiger partial charge in [0.05, 0.1) is 22.1 Å². The van der Waals surface area contributed by atoms with Crippen molar-refractivity contribution in [3.05, 3.63) is 164 Å². The minimum Gasteiger partial charge on any atom is -0.309 e. The summed E-state index contributed by atoms with van der Waals surface area (Å²) in [5, 5.41) is 10.0. The Morgan fingerprint density at radius 1 is 0.348 bits per heavy atom. The fraction of sp³-hybridized carbons (Fsp3) is 0. The lowest BCUT2D eigenvalue weighted by atomic mass is 9.91. The van der Waals surface area contributed by atoms with Gasteiger partial charge in [-0.1, -0.05) is 121 Å². The first-order valence-electron chi connectivity index (χ1n) is 15.7. The summed E-state index contributed by atoms with van der Waals surface area (Å²) in [6.07, 6.45) is 0. The van der Waals surface area contributed by atoms with Crippen LogP contribution >= 0.6 is 0 Å². The van der Waals surface area contributed by atoms with Crippen LogP contribution in [0.15, 0.2) is 164 Å². The van der Waals surface area contributed by atoms with E-state index in [1.807, 2.05) is 0 Å². The van der Waals surface area contributed by atoms with Gasteiger partial charge in [-0.25, -0.2) is 4.98 Å². The molecule has 3 heteroatoms. The van der Waals surface area contributed by atoms with Crippen molar-refractivity contribution >= 4 is 65.2 Å². The van der Waals surface area contributed by atoms with Gasteiger partial charge in [-0.2, -0.15) is 0 Å². The van der Waals surface area contributed by atoms with Crippen LogP contribution in [0.4, 0.5) is 0 Å². The van der Waals surface area contributed by atoms with Gasteiger partial charge in [-0.15, -0.1) is 0 Å². The molecule has 214 valence electrons. The molecule has 0 saturated heterocycles. The highest BCUT2D eigenvalue weighted by Crippen LogP contribution is 2.45. The minimum atomic E-state index is 0.944. The Kier molecular flexibility index (Phi) is 5.28. The molecule has 10 aromatic rings. The van der Waals surface area contributed by atoms with Crippen LogP contribution in [0.25, 0.3) is 87.9 Å². The second-order valence-corrected chi connectivity index (χ2v) is 11.9. The van der Waals surface area contributed by atoms with Crippen molar-refractivity contribution in [2.24, 2.45) is 0 Å². The van der Waals surface area contributed by atoms with Crippen LogP contribution in [-0.4, -0.2) is 14.1 Å². The first-order chi connectivity index (χ1) is 22.9. The third-order valence-electron chi connectivity index (χ3n) is 9.47. The number of benzene rings is 8. The largest absolute Gasteiger partial charge is 0.309 e. The number of imidazole rings is 1. The molecular weight excluding hydrogens is 558 g/mol. The van der Waals surface area contributed by atoms with Crippen LogP contribution < -0.4 is 0 Å². The number of rotatable bonds is 3. The summed E-state index contributed by atoms with van der Waals surface area (Å²) in [7, 11) is 0. The van der Waals surface area contributed by atoms with E-state index >= 15 is 0 Å². The quantitative estimate of drug-likeness (QED) is 0.189. The monoisotopic (exact) mass is 585 g/mol. The molecule has 0 aliphatic heterocycles. The van der Waals surface area contributed by atoms with E-state index in [0.29, 0.717) is 0 Å². The number of nitrogens with zero attached hydrogens (tertiary/aromatic N) is 3. The van der Waals surface area contributed by atoms with E-state index in [0.717, 1.165) is 28.1 Å². The second kappa shape index (κ2) is 9.65. The lowest BCUT2D eigenvalue weighted by Crippen LogP contribution is -1.98. The van der Waals surface area contributed by atoms with Gasteiger partial charge < -0.3 is 4.57 Å². The number of hydrogen-bond acceptors (Lipinski definition) is 1. The zero-order valence-corrected chi connectivity index (χ0v) is 24.9. The van der Waals surface area contributed by atoms with Crippen molar-refractivity contribution in [1.82, 2.24) is 14.1 Å². The summed E-state index contributed by atoms with van der Waals surface area (Å²) >= 11 is 0. The van der Waals surface area contributed by atoms with E-state index < -0.39 is 0 Å². The maximum absolute atomic E-state index is 5.28. The molecule has 0 N–H and O–H groups in total. The Hall–Kier alpha value is -6.19. The molecule has 8 aromatic carbocycles. The van der Waals surface area contributed by atoms with Crippen LogP contribution in [0.2, 0.25) is 0 Å². The van der Waals surface area contributed by atoms with Crippen LogP contribution in [0.5, 0.6) is 0 Å². The van der Waals surface area contributed by atoms with Gasteiger partial charge >= 0.3 is 0 Å². The molecular formula is C43H27N3. The molecule has 0 aliphatic carbocycles. The van der Waals surface area contributed by atoms with Gasteiger partial charge in [0.15, 0.2) is 0 Å². The highest BCUT2D eigenvalue weighted by atomic mass is 15.1. The fourth-order valence-electron chi connectivity index (χ4n) is 7.61. The van der Waals surface area contributed by atoms with Gasteiger partial charge in [0.25, 0.3) is 0 Å². The highest BCUT2D eigenvalue weighted by Gasteiger charge is 2.22. The molecule has 0 spiro atoms. The van der Waals surface area contributed by atoms with E-state index in [-0.39, 0.29) is 0 Å². The molecule has 0 atom stereocenters. The van der Waals surface area contributed by atoms with E-state index in [2.05, 4.69) is 173 Å². The third kappa shape index (κ3) is 3.45. The van der Waals surface area contributed by atoms with Crippen molar-refractivity contribution < 1.29 is 0 Å². The third-order valence-corrected chi connectivity index (χ3v) is 9.47. The Balaban J connectivity index is 1.43. The number of aromatic nitrogens is 3. The predicted octanol–water partition coefficient (Wildman–Crippen LogP) is 11.2. The van der Waals surface area contributed by atoms with Gasteiger partial charge in [0.2, 0.25) is 0 Å². The van der Waals surface area contributed by atoms with Crippen molar-refractivity contribution in [2.75, 3.05) is 0 Å². The molecule has 2 aromatic heterocycles. The molecule has 10 rings (SSSR count). The topological polar surface area (TPSA) is 22.8 Å². The summed E-state index contributed by atoms with van der Waals surface area (Å²) in [6, 6.07) is 58.7. The van der Waals surface area contributed by atoms with Crippen LogP contribution in [-0.2, 0) is 0 Å². The summed E-state index contributed by atoms with van der Waals surface area (Å²) in [6.45, 7) is 0. The Morgan fingerprint density at radius 2 is 0.870 bits per heavy atom. The lowest BCUT2D eigenvalue weighted by Gasteiger charge is -2.15. The Bertz CT molecular complexity index is 2750. The molecule has 46 heavy (non-hydrogen) atoms. The van der Waals surface area contributed by atoms with E-state index in [1.165, 1.54) is 59.8 Å². The summed E-state index contributed by atoms with van der Waals surface area (Å²) < 4.78 is 4.76. The van der Waals surface area contributed by atoms with E-state index in [1.54, 1.807) is 0 Å². The average Bonchev–Trinajstić information content (AvgIpc) is 3.69. The van der Waals surface area contributed by atoms with Gasteiger partial charge in [0.1, 0.15) is 5.82 Å². The zero-order valence-electron chi connectivity index (χ0n) is 24.9. The summed E-state index contributed by atoms with van der Waals surface area (Å²) in [4.78, 5) is 5.28. The van der Waals surface area contributed by atoms with Crippen molar-refractivity contribution in [3.8, 4) is 22.8 Å². The summed E-state index contributed by atoms with van der Waals surface area (Å²) in [5.74, 6) is 0.944. The number of fused-ring (bicyclic) bond motifs is 12. The van der Waals surface area contributed by atoms with Crippen LogP contribution in [0.1, 0.15) is 0 Å². The maximum atomic E-state index is 5.28. The predicted molar refractivity (Wildman–Crippen MR) is 193 cm³/mol. The lowest BCUT2D eigenvalue weighted by molar-refractivity contribution is 1.11. The van der Waals surface area contributed by atoms with Gasteiger partial charge in [-0.05, 0) is 64.0 Å². The number of hydrogen-bond donors (Lipinski definition) is 0. The zero-order chi connectivity index (χ0) is 30.2. The molecule has 0 amide bonds. The molecule has 2 heterocycles. The smallest absolute Gasteiger partial charge is 0.145 e. The molecule has 3 nitrogen and oxygen atoms in total. The molecule has 0 radical (unpaired) electrons. The molecule has 0 unspecified atom stereocenters. The SMILES string of the molecule is c1ccc(-c2nc3ccc4c5ccc6c(c7ccccc7n6-c6ccccc6)c5c5ccccc5c4c3n2-c2ccccc2)cc1. The standard InChI is InChI=1S/C43H27N3/c1-4-14-28(15-5-1)43-44-36-26-24-34-33-25-27-38-41(35-22-12-13-23-37(35)45(38)29-16-6-2-7-17-29)39(33)31-20-10-11-21-32(31)40(34)42(36)46(43)30-18-8-3-9-19-30/h1-27H. The van der Waals surface area contributed by atoms with Crippen LogP contribution in [0, 0.1) is 0 Å². The first kappa shape index (κ1) is 25.2. The first-order valence-corrected chi connectivity index (χ1v) is 15.7. The molecule has 0 saturated carbocycles. The number of para-hydroxylation sites is 3. The van der Waals surface area contributed by atoms with Crippen molar-refractivity contribution in [3.63, 3.8) is 0 Å². The van der Waals surface area contributed by atoms with Crippen molar-refractivity contribution in [1.29, 1.82) is 0 Å². The van der Waals surface area contributed by atoms with Gasteiger partial charge in [0, 0.05) is 38.5 Å². The van der Waals surface area contributed by atoms with Crippen molar-refractivity contribution in [2.45, 2.75) is 0 Å². The average molecular weight is 586 g/mol. The van der Waals surface area contributed by atoms with Gasteiger partial charge in [-0.3, -0.25) is 4.57 Å². The normalized spacial score (nSPS) is 11.9. The Labute approximate surface area is 265 Å². The second-order valence-electron chi connectivity index (χ2n) is 11.9. The molecule has 0 fully saturated rings. The fourth-order valence-corrected chi connectivity index (χ4v) is 7.61. The van der Waals surface area contributed by atoms with E-state index in [9.17, 15) is 0 Å². The highest BCUT2D eigenvalue weighted by molar-refractivity contribution is 6.38. The van der Waals surface area contributed by atoms with E-state index in [4.69, 9.17) is 4.98 Å². The molecule has 0 bridgehead atoms.